The van der Waals surface area contributed by atoms with Gasteiger partial charge in [0.05, 0.1) is 7.11 Å². The van der Waals surface area contributed by atoms with Crippen molar-refractivity contribution in [2.24, 2.45) is 0 Å². The number of piperazine rings is 1. The Morgan fingerprint density at radius 2 is 2.26 bits per heavy atom. The zero-order chi connectivity index (χ0) is 15.4. The summed E-state index contributed by atoms with van der Waals surface area (Å²) in [6, 6.07) is 10.7. The topological polar surface area (TPSA) is 37.4 Å². The van der Waals surface area contributed by atoms with E-state index in [0.29, 0.717) is 6.04 Å². The molecule has 0 saturated carbocycles. The Morgan fingerprint density at radius 1 is 1.39 bits per heavy atom. The van der Waals surface area contributed by atoms with Crippen molar-refractivity contribution in [3.63, 3.8) is 0 Å². The summed E-state index contributed by atoms with van der Waals surface area (Å²) < 4.78 is 6.56. The van der Waals surface area contributed by atoms with E-state index in [4.69, 9.17) is 4.74 Å². The largest absolute Gasteiger partial charge is 0.496 e. The van der Waals surface area contributed by atoms with E-state index in [1.807, 2.05) is 24.5 Å². The van der Waals surface area contributed by atoms with Gasteiger partial charge < -0.3 is 10.1 Å². The van der Waals surface area contributed by atoms with Gasteiger partial charge in [-0.1, -0.05) is 28.1 Å². The monoisotopic (exact) mass is 397 g/mol. The summed E-state index contributed by atoms with van der Waals surface area (Å²) >= 11 is 3.50. The molecular formula is C17H21BrClN3O. The molecule has 0 aliphatic carbocycles. The average molecular weight is 399 g/mol. The number of ether oxygens (including phenoxy) is 1. The molecule has 2 aromatic rings. The molecule has 1 aliphatic rings. The predicted molar refractivity (Wildman–Crippen MR) is 98.2 cm³/mol. The van der Waals surface area contributed by atoms with Crippen LogP contribution in [0, 0.1) is 0 Å². The summed E-state index contributed by atoms with van der Waals surface area (Å²) in [5, 5.41) is 3.48. The van der Waals surface area contributed by atoms with Crippen molar-refractivity contribution >= 4 is 28.3 Å². The van der Waals surface area contributed by atoms with Crippen LogP contribution in [-0.2, 0) is 6.54 Å². The standard InChI is InChI=1S/C17H20BrN3O.ClH/c1-22-17-9-15(18)5-4-14(17)12-21-8-7-20-11-16(21)13-3-2-6-19-10-13;/h2-6,9-10,16,20H,7-8,11-12H2,1H3;1H. The highest BCUT2D eigenvalue weighted by molar-refractivity contribution is 9.10. The van der Waals surface area contributed by atoms with E-state index >= 15 is 0 Å². The fourth-order valence-electron chi connectivity index (χ4n) is 2.91. The zero-order valence-electron chi connectivity index (χ0n) is 13.0. The van der Waals surface area contributed by atoms with Crippen LogP contribution in [0.3, 0.4) is 0 Å². The molecule has 1 unspecified atom stereocenters. The Kier molecular flexibility index (Phi) is 6.84. The molecule has 3 rings (SSSR count). The van der Waals surface area contributed by atoms with Gasteiger partial charge in [0, 0.05) is 54.7 Å². The van der Waals surface area contributed by atoms with Crippen LogP contribution in [-0.4, -0.2) is 36.6 Å². The second-order valence-corrected chi connectivity index (χ2v) is 6.35. The van der Waals surface area contributed by atoms with Gasteiger partial charge in [-0.15, -0.1) is 12.4 Å². The molecule has 4 nitrogen and oxygen atoms in total. The van der Waals surface area contributed by atoms with Gasteiger partial charge in [0.15, 0.2) is 0 Å². The minimum absolute atomic E-state index is 0. The van der Waals surface area contributed by atoms with Crippen LogP contribution in [0.4, 0.5) is 0 Å². The number of hydrogen-bond donors (Lipinski definition) is 1. The Hall–Kier alpha value is -1.14. The lowest BCUT2D eigenvalue weighted by molar-refractivity contribution is 0.152. The first-order valence-electron chi connectivity index (χ1n) is 7.45. The molecule has 1 saturated heterocycles. The van der Waals surface area contributed by atoms with E-state index in [9.17, 15) is 0 Å². The number of nitrogens with one attached hydrogen (secondary N) is 1. The van der Waals surface area contributed by atoms with Gasteiger partial charge in [0.1, 0.15) is 5.75 Å². The summed E-state index contributed by atoms with van der Waals surface area (Å²) in [5.41, 5.74) is 2.47. The number of methoxy groups -OCH3 is 1. The number of hydrogen-bond acceptors (Lipinski definition) is 4. The third-order valence-electron chi connectivity index (χ3n) is 4.05. The predicted octanol–water partition coefficient (Wildman–Crippen LogP) is 3.42. The van der Waals surface area contributed by atoms with Crippen LogP contribution >= 0.6 is 28.3 Å². The summed E-state index contributed by atoms with van der Waals surface area (Å²) in [6.45, 7) is 3.84. The Bertz CT molecular complexity index is 626. The Labute approximate surface area is 151 Å². The summed E-state index contributed by atoms with van der Waals surface area (Å²) in [5.74, 6) is 0.929. The van der Waals surface area contributed by atoms with Crippen molar-refractivity contribution < 1.29 is 4.74 Å². The molecule has 0 radical (unpaired) electrons. The van der Waals surface area contributed by atoms with Crippen LogP contribution in [0.25, 0.3) is 0 Å². The van der Waals surface area contributed by atoms with Crippen molar-refractivity contribution in [2.75, 3.05) is 26.7 Å². The smallest absolute Gasteiger partial charge is 0.124 e. The molecule has 0 amide bonds. The molecule has 1 aromatic carbocycles. The molecule has 1 fully saturated rings. The fourth-order valence-corrected chi connectivity index (χ4v) is 3.25. The third kappa shape index (κ3) is 4.44. The van der Waals surface area contributed by atoms with Crippen LogP contribution < -0.4 is 10.1 Å². The van der Waals surface area contributed by atoms with E-state index in [0.717, 1.165) is 36.4 Å². The van der Waals surface area contributed by atoms with Crippen molar-refractivity contribution in [1.82, 2.24) is 15.2 Å². The van der Waals surface area contributed by atoms with E-state index in [1.54, 1.807) is 7.11 Å². The normalized spacial score (nSPS) is 18.3. The molecule has 1 atom stereocenters. The molecule has 1 N–H and O–H groups in total. The number of aromatic nitrogens is 1. The van der Waals surface area contributed by atoms with E-state index in [2.05, 4.69) is 49.3 Å². The molecule has 0 spiro atoms. The maximum absolute atomic E-state index is 5.52. The lowest BCUT2D eigenvalue weighted by Gasteiger charge is -2.36. The van der Waals surface area contributed by atoms with Gasteiger partial charge >= 0.3 is 0 Å². The molecule has 6 heteroatoms. The molecule has 124 valence electrons. The van der Waals surface area contributed by atoms with Crippen molar-refractivity contribution in [3.05, 3.63) is 58.3 Å². The highest BCUT2D eigenvalue weighted by Crippen LogP contribution is 2.29. The van der Waals surface area contributed by atoms with Gasteiger partial charge in [-0.05, 0) is 23.8 Å². The first kappa shape index (κ1) is 18.2. The number of halogens is 2. The van der Waals surface area contributed by atoms with E-state index < -0.39 is 0 Å². The SMILES string of the molecule is COc1cc(Br)ccc1CN1CCNCC1c1cccnc1.Cl. The van der Waals surface area contributed by atoms with Crippen molar-refractivity contribution in [3.8, 4) is 5.75 Å². The summed E-state index contributed by atoms with van der Waals surface area (Å²) in [4.78, 5) is 6.75. The van der Waals surface area contributed by atoms with Gasteiger partial charge in [-0.25, -0.2) is 0 Å². The van der Waals surface area contributed by atoms with E-state index in [-0.39, 0.29) is 12.4 Å². The lowest BCUT2D eigenvalue weighted by atomic mass is 10.0. The first-order chi connectivity index (χ1) is 10.8. The van der Waals surface area contributed by atoms with Gasteiger partial charge in [0.2, 0.25) is 0 Å². The minimum Gasteiger partial charge on any atom is -0.496 e. The Balaban J connectivity index is 0.00000192. The molecule has 1 aliphatic heterocycles. The van der Waals surface area contributed by atoms with Crippen LogP contribution in [0.1, 0.15) is 17.2 Å². The van der Waals surface area contributed by atoms with Gasteiger partial charge in [-0.2, -0.15) is 0 Å². The van der Waals surface area contributed by atoms with E-state index in [1.165, 1.54) is 11.1 Å². The van der Waals surface area contributed by atoms with Crippen LogP contribution in [0.2, 0.25) is 0 Å². The average Bonchev–Trinajstić information content (AvgIpc) is 2.57. The maximum atomic E-state index is 5.52. The van der Waals surface area contributed by atoms with Crippen LogP contribution in [0.5, 0.6) is 5.75 Å². The lowest BCUT2D eigenvalue weighted by Crippen LogP contribution is -2.45. The summed E-state index contributed by atoms with van der Waals surface area (Å²) in [6.07, 6.45) is 3.78. The molecule has 23 heavy (non-hydrogen) atoms. The number of nitrogens with zero attached hydrogens (tertiary/aromatic N) is 2. The van der Waals surface area contributed by atoms with Crippen molar-refractivity contribution in [1.29, 1.82) is 0 Å². The number of benzene rings is 1. The minimum atomic E-state index is 0. The fraction of sp³-hybridized carbons (Fsp3) is 0.353. The third-order valence-corrected chi connectivity index (χ3v) is 4.54. The summed E-state index contributed by atoms with van der Waals surface area (Å²) in [7, 11) is 1.72. The van der Waals surface area contributed by atoms with Crippen molar-refractivity contribution in [2.45, 2.75) is 12.6 Å². The number of rotatable bonds is 4. The van der Waals surface area contributed by atoms with Gasteiger partial charge in [-0.3, -0.25) is 9.88 Å². The quantitative estimate of drug-likeness (QED) is 0.856. The maximum Gasteiger partial charge on any atom is 0.124 e. The molecule has 1 aromatic heterocycles. The second kappa shape index (κ2) is 8.64. The second-order valence-electron chi connectivity index (χ2n) is 5.43. The molecular weight excluding hydrogens is 378 g/mol. The first-order valence-corrected chi connectivity index (χ1v) is 8.24. The number of pyridine rings is 1. The molecule has 2 heterocycles. The molecule has 0 bridgehead atoms. The Morgan fingerprint density at radius 3 is 3.00 bits per heavy atom. The van der Waals surface area contributed by atoms with Crippen LogP contribution in [0.15, 0.2) is 47.2 Å². The highest BCUT2D eigenvalue weighted by atomic mass is 79.9. The zero-order valence-corrected chi connectivity index (χ0v) is 15.4. The van der Waals surface area contributed by atoms with Gasteiger partial charge in [0.25, 0.3) is 0 Å². The highest BCUT2D eigenvalue weighted by Gasteiger charge is 2.24.